The summed E-state index contributed by atoms with van der Waals surface area (Å²) >= 11 is 12.1. The zero-order valence-electron chi connectivity index (χ0n) is 19.1. The van der Waals surface area contributed by atoms with Crippen molar-refractivity contribution in [2.24, 2.45) is 0 Å². The van der Waals surface area contributed by atoms with Crippen LogP contribution in [0.15, 0.2) is 48.5 Å². The number of carbonyl (C=O) groups excluding carboxylic acids is 2. The van der Waals surface area contributed by atoms with Crippen LogP contribution in [0.4, 0.5) is 5.69 Å². The maximum atomic E-state index is 13.4. The lowest BCUT2D eigenvalue weighted by Crippen LogP contribution is -2.52. The fourth-order valence-corrected chi connectivity index (χ4v) is 4.26. The van der Waals surface area contributed by atoms with Gasteiger partial charge in [-0.25, -0.2) is 8.42 Å². The molecule has 2 atom stereocenters. The highest BCUT2D eigenvalue weighted by Crippen LogP contribution is 2.24. The molecule has 2 amide bonds. The molecule has 0 fully saturated rings. The van der Waals surface area contributed by atoms with Crippen molar-refractivity contribution in [1.82, 2.24) is 10.2 Å². The maximum Gasteiger partial charge on any atom is 0.244 e. The van der Waals surface area contributed by atoms with Gasteiger partial charge >= 0.3 is 0 Å². The van der Waals surface area contributed by atoms with Gasteiger partial charge in [0.15, 0.2) is 0 Å². The fourth-order valence-electron chi connectivity index (χ4n) is 3.09. The molecule has 0 aliphatic rings. The van der Waals surface area contributed by atoms with Crippen LogP contribution >= 0.6 is 23.2 Å². The van der Waals surface area contributed by atoms with Gasteiger partial charge in [0.25, 0.3) is 0 Å². The van der Waals surface area contributed by atoms with Crippen molar-refractivity contribution in [2.75, 3.05) is 17.1 Å². The predicted molar refractivity (Wildman–Crippen MR) is 133 cm³/mol. The van der Waals surface area contributed by atoms with E-state index in [1.165, 1.54) is 4.90 Å². The van der Waals surface area contributed by atoms with E-state index in [4.69, 9.17) is 23.2 Å². The Morgan fingerprint density at radius 3 is 2.21 bits per heavy atom. The van der Waals surface area contributed by atoms with E-state index in [1.54, 1.807) is 55.5 Å². The van der Waals surface area contributed by atoms with Crippen molar-refractivity contribution in [3.63, 3.8) is 0 Å². The summed E-state index contributed by atoms with van der Waals surface area (Å²) in [7, 11) is -3.75. The molecule has 2 aromatic rings. The van der Waals surface area contributed by atoms with Crippen molar-refractivity contribution >= 4 is 50.7 Å². The summed E-state index contributed by atoms with van der Waals surface area (Å²) in [5, 5.41) is 3.56. The van der Waals surface area contributed by atoms with Crippen molar-refractivity contribution < 1.29 is 18.0 Å². The third kappa shape index (κ3) is 7.62. The number of para-hydroxylation sites is 1. The number of nitrogens with zero attached hydrogens (tertiary/aromatic N) is 2. The van der Waals surface area contributed by atoms with Gasteiger partial charge in [0.1, 0.15) is 12.6 Å². The molecule has 0 aliphatic heterocycles. The lowest BCUT2D eigenvalue weighted by atomic mass is 10.1. The maximum absolute atomic E-state index is 13.4. The first-order valence-corrected chi connectivity index (χ1v) is 13.1. The minimum Gasteiger partial charge on any atom is -0.352 e. The van der Waals surface area contributed by atoms with Gasteiger partial charge in [-0.2, -0.15) is 0 Å². The number of benzene rings is 2. The third-order valence-electron chi connectivity index (χ3n) is 5.23. The number of hydrogen-bond acceptors (Lipinski definition) is 4. The number of anilines is 1. The second-order valence-electron chi connectivity index (χ2n) is 7.87. The van der Waals surface area contributed by atoms with Gasteiger partial charge in [0.05, 0.1) is 22.0 Å². The molecule has 10 heteroatoms. The molecule has 0 aliphatic carbocycles. The molecule has 2 aromatic carbocycles. The predicted octanol–water partition coefficient (Wildman–Crippen LogP) is 4.09. The van der Waals surface area contributed by atoms with Crippen LogP contribution in [0.25, 0.3) is 0 Å². The smallest absolute Gasteiger partial charge is 0.244 e. The molecule has 0 spiro atoms. The molecule has 0 unspecified atom stereocenters. The number of carbonyl (C=O) groups is 2. The van der Waals surface area contributed by atoms with Crippen LogP contribution in [0.2, 0.25) is 10.0 Å². The summed E-state index contributed by atoms with van der Waals surface area (Å²) in [6.45, 7) is 5.03. The number of rotatable bonds is 10. The van der Waals surface area contributed by atoms with Crippen LogP contribution < -0.4 is 9.62 Å². The van der Waals surface area contributed by atoms with Gasteiger partial charge in [0.2, 0.25) is 21.8 Å². The molecule has 0 heterocycles. The standard InChI is InChI=1S/C23H29Cl2N3O4S/c1-5-16(2)26-23(30)17(3)27(14-18-11-12-20(24)21(25)13-18)22(29)15-28(33(4,31)32)19-9-7-6-8-10-19/h6-13,16-17H,5,14-15H2,1-4H3,(H,26,30)/t16-,17+/m0/s1. The van der Waals surface area contributed by atoms with E-state index < -0.39 is 28.5 Å². The molecule has 7 nitrogen and oxygen atoms in total. The molecule has 0 aromatic heterocycles. The van der Waals surface area contributed by atoms with Gasteiger partial charge in [-0.05, 0) is 50.1 Å². The number of amides is 2. The molecule has 0 radical (unpaired) electrons. The summed E-state index contributed by atoms with van der Waals surface area (Å²) in [6.07, 6.45) is 1.77. The van der Waals surface area contributed by atoms with E-state index in [2.05, 4.69) is 5.32 Å². The van der Waals surface area contributed by atoms with E-state index in [0.29, 0.717) is 21.3 Å². The average molecular weight is 514 g/mol. The largest absolute Gasteiger partial charge is 0.352 e. The summed E-state index contributed by atoms with van der Waals surface area (Å²) in [5.41, 5.74) is 1.02. The molecule has 0 saturated heterocycles. The van der Waals surface area contributed by atoms with Gasteiger partial charge in [-0.15, -0.1) is 0 Å². The topological polar surface area (TPSA) is 86.8 Å². The van der Waals surface area contributed by atoms with E-state index in [1.807, 2.05) is 13.8 Å². The highest BCUT2D eigenvalue weighted by molar-refractivity contribution is 7.92. The molecular weight excluding hydrogens is 485 g/mol. The quantitative estimate of drug-likeness (QED) is 0.518. The summed E-state index contributed by atoms with van der Waals surface area (Å²) in [6, 6.07) is 12.4. The first-order valence-electron chi connectivity index (χ1n) is 10.5. The van der Waals surface area contributed by atoms with Crippen molar-refractivity contribution in [2.45, 2.75) is 45.8 Å². The second kappa shape index (κ2) is 11.7. The molecule has 0 saturated carbocycles. The van der Waals surface area contributed by atoms with Crippen LogP contribution in [-0.4, -0.2) is 50.0 Å². The Bertz CT molecular complexity index is 1080. The highest BCUT2D eigenvalue weighted by atomic mass is 35.5. The monoisotopic (exact) mass is 513 g/mol. The number of sulfonamides is 1. The Labute approximate surface area is 205 Å². The molecule has 1 N–H and O–H groups in total. The summed E-state index contributed by atoms with van der Waals surface area (Å²) in [5.74, 6) is -0.856. The normalized spacial score (nSPS) is 13.2. The average Bonchev–Trinajstić information content (AvgIpc) is 2.77. The first-order chi connectivity index (χ1) is 15.4. The van der Waals surface area contributed by atoms with Crippen molar-refractivity contribution in [3.05, 3.63) is 64.1 Å². The minimum absolute atomic E-state index is 0.0528. The van der Waals surface area contributed by atoms with Crippen LogP contribution in [-0.2, 0) is 26.2 Å². The third-order valence-corrected chi connectivity index (χ3v) is 7.11. The van der Waals surface area contributed by atoms with Crippen LogP contribution in [0.1, 0.15) is 32.8 Å². The zero-order chi connectivity index (χ0) is 24.8. The van der Waals surface area contributed by atoms with E-state index in [9.17, 15) is 18.0 Å². The minimum atomic E-state index is -3.75. The number of halogens is 2. The molecule has 2 rings (SSSR count). The SMILES string of the molecule is CC[C@H](C)NC(=O)[C@@H](C)N(Cc1ccc(Cl)c(Cl)c1)C(=O)CN(c1ccccc1)S(C)(=O)=O. The van der Waals surface area contributed by atoms with Crippen LogP contribution in [0, 0.1) is 0 Å². The number of hydrogen-bond donors (Lipinski definition) is 1. The van der Waals surface area contributed by atoms with Crippen LogP contribution in [0.5, 0.6) is 0 Å². The van der Waals surface area contributed by atoms with Gasteiger partial charge in [0, 0.05) is 12.6 Å². The molecular formula is C23H29Cl2N3O4S. The zero-order valence-corrected chi connectivity index (χ0v) is 21.4. The van der Waals surface area contributed by atoms with Crippen molar-refractivity contribution in [3.8, 4) is 0 Å². The Hall–Kier alpha value is -2.29. The van der Waals surface area contributed by atoms with Gasteiger partial charge < -0.3 is 10.2 Å². The summed E-state index contributed by atoms with van der Waals surface area (Å²) < 4.78 is 25.9. The van der Waals surface area contributed by atoms with Gasteiger partial charge in [-0.1, -0.05) is 54.4 Å². The van der Waals surface area contributed by atoms with E-state index >= 15 is 0 Å². The van der Waals surface area contributed by atoms with Gasteiger partial charge in [-0.3, -0.25) is 13.9 Å². The van der Waals surface area contributed by atoms with E-state index in [-0.39, 0.29) is 18.5 Å². The number of nitrogens with one attached hydrogen (secondary N) is 1. The van der Waals surface area contributed by atoms with Crippen LogP contribution in [0.3, 0.4) is 0 Å². The Morgan fingerprint density at radius 1 is 1.03 bits per heavy atom. The Kier molecular flexibility index (Phi) is 9.57. The Morgan fingerprint density at radius 2 is 1.67 bits per heavy atom. The lowest BCUT2D eigenvalue weighted by molar-refractivity contribution is -0.139. The highest BCUT2D eigenvalue weighted by Gasteiger charge is 2.30. The summed E-state index contributed by atoms with van der Waals surface area (Å²) in [4.78, 5) is 27.6. The Balaban J connectivity index is 2.38. The molecule has 180 valence electrons. The fraction of sp³-hybridized carbons (Fsp3) is 0.391. The first kappa shape index (κ1) is 27.0. The van der Waals surface area contributed by atoms with E-state index in [0.717, 1.165) is 17.0 Å². The molecule has 0 bridgehead atoms. The second-order valence-corrected chi connectivity index (χ2v) is 10.6. The molecule has 33 heavy (non-hydrogen) atoms. The lowest BCUT2D eigenvalue weighted by Gasteiger charge is -2.32. The van der Waals surface area contributed by atoms with Crippen molar-refractivity contribution in [1.29, 1.82) is 0 Å².